The molecule has 7 nitrogen and oxygen atoms in total. The number of methoxy groups -OCH3 is 1. The normalized spacial score (nSPS) is 15.0. The summed E-state index contributed by atoms with van der Waals surface area (Å²) in [6.45, 7) is 1.95. The molecule has 31 heavy (non-hydrogen) atoms. The molecule has 0 spiro atoms. The van der Waals surface area contributed by atoms with Crippen LogP contribution in [0.5, 0.6) is 5.75 Å². The van der Waals surface area contributed by atoms with Gasteiger partial charge in [0, 0.05) is 35.8 Å². The van der Waals surface area contributed by atoms with Gasteiger partial charge in [-0.2, -0.15) is 0 Å². The minimum Gasteiger partial charge on any atom is -0.496 e. The Hall–Kier alpha value is -3.16. The van der Waals surface area contributed by atoms with Crippen molar-refractivity contribution in [1.29, 1.82) is 0 Å². The van der Waals surface area contributed by atoms with Crippen LogP contribution >= 0.6 is 0 Å². The third-order valence-electron chi connectivity index (χ3n) is 5.70. The summed E-state index contributed by atoms with van der Waals surface area (Å²) in [5, 5.41) is 17.2. The Morgan fingerprint density at radius 3 is 2.77 bits per heavy atom. The monoisotopic (exact) mass is 420 g/mol. The summed E-state index contributed by atoms with van der Waals surface area (Å²) in [6.07, 6.45) is 3.54. The van der Waals surface area contributed by atoms with Gasteiger partial charge in [-0.25, -0.2) is 0 Å². The fourth-order valence-electron chi connectivity index (χ4n) is 4.05. The van der Waals surface area contributed by atoms with E-state index in [-0.39, 0.29) is 12.5 Å². The number of nitrogens with zero attached hydrogens (tertiary/aromatic N) is 2. The number of hydrogen-bond acceptors (Lipinski definition) is 6. The molecule has 0 unspecified atom stereocenters. The maximum Gasteiger partial charge on any atom is 0.238 e. The zero-order valence-electron chi connectivity index (χ0n) is 17.7. The molecule has 162 valence electrons. The van der Waals surface area contributed by atoms with Crippen LogP contribution in [-0.4, -0.2) is 53.7 Å². The Balaban J connectivity index is 1.28. The number of carbonyl (C=O) groups excluding carboxylic acids is 1. The highest BCUT2D eigenvalue weighted by Crippen LogP contribution is 2.28. The van der Waals surface area contributed by atoms with E-state index in [0.29, 0.717) is 18.3 Å². The van der Waals surface area contributed by atoms with Crippen molar-refractivity contribution in [2.45, 2.75) is 25.5 Å². The number of amides is 1. The predicted octanol–water partition coefficient (Wildman–Crippen LogP) is 3.25. The number of hydrogen-bond donors (Lipinski definition) is 3. The SMILES string of the molecule is COc1cccc(NC2CCN(CC(=O)Nc3cnc4ccccc4c3)CC2)c1CO. The topological polar surface area (TPSA) is 86.7 Å². The van der Waals surface area contributed by atoms with Crippen molar-refractivity contribution in [3.8, 4) is 5.75 Å². The van der Waals surface area contributed by atoms with Crippen molar-refractivity contribution in [1.82, 2.24) is 9.88 Å². The van der Waals surface area contributed by atoms with Gasteiger partial charge in [0.1, 0.15) is 5.75 Å². The number of para-hydroxylation sites is 1. The molecule has 0 saturated carbocycles. The third kappa shape index (κ3) is 5.13. The average Bonchev–Trinajstić information content (AvgIpc) is 2.80. The Morgan fingerprint density at radius 2 is 2.00 bits per heavy atom. The third-order valence-corrected chi connectivity index (χ3v) is 5.70. The zero-order valence-corrected chi connectivity index (χ0v) is 17.7. The Morgan fingerprint density at radius 1 is 1.19 bits per heavy atom. The Kier molecular flexibility index (Phi) is 6.64. The van der Waals surface area contributed by atoms with E-state index in [2.05, 4.69) is 20.5 Å². The van der Waals surface area contributed by atoms with Gasteiger partial charge in [0.15, 0.2) is 0 Å². The molecule has 1 aliphatic heterocycles. The van der Waals surface area contributed by atoms with Crippen LogP contribution in [0.4, 0.5) is 11.4 Å². The highest BCUT2D eigenvalue weighted by atomic mass is 16.5. The second-order valence-corrected chi connectivity index (χ2v) is 7.80. The molecular formula is C24H28N4O3. The molecule has 1 saturated heterocycles. The van der Waals surface area contributed by atoms with Gasteiger partial charge in [-0.1, -0.05) is 24.3 Å². The second kappa shape index (κ2) is 9.76. The first-order valence-electron chi connectivity index (χ1n) is 10.6. The van der Waals surface area contributed by atoms with E-state index in [1.54, 1.807) is 13.3 Å². The van der Waals surface area contributed by atoms with Crippen LogP contribution in [0.15, 0.2) is 54.7 Å². The lowest BCUT2D eigenvalue weighted by atomic mass is 10.0. The predicted molar refractivity (Wildman–Crippen MR) is 122 cm³/mol. The number of carbonyl (C=O) groups is 1. The molecule has 0 aliphatic carbocycles. The summed E-state index contributed by atoms with van der Waals surface area (Å²) < 4.78 is 5.34. The van der Waals surface area contributed by atoms with E-state index in [1.807, 2.05) is 48.5 Å². The maximum atomic E-state index is 12.5. The molecule has 0 atom stereocenters. The standard InChI is InChI=1S/C24H28N4O3/c1-31-23-8-4-7-22(20(23)16-29)26-18-9-11-28(12-10-18)15-24(30)27-19-13-17-5-2-3-6-21(17)25-14-19/h2-8,13-14,18,26,29H,9-12,15-16H2,1H3,(H,27,30). The number of fused-ring (bicyclic) bond motifs is 1. The summed E-state index contributed by atoms with van der Waals surface area (Å²) in [4.78, 5) is 19.1. The number of pyridine rings is 1. The minimum atomic E-state index is -0.0744. The van der Waals surface area contributed by atoms with Gasteiger partial charge in [-0.15, -0.1) is 0 Å². The number of rotatable bonds is 7. The molecule has 1 aliphatic rings. The van der Waals surface area contributed by atoms with Crippen molar-refractivity contribution >= 4 is 28.2 Å². The number of aromatic nitrogens is 1. The quantitative estimate of drug-likeness (QED) is 0.544. The lowest BCUT2D eigenvalue weighted by Gasteiger charge is -2.32. The van der Waals surface area contributed by atoms with Gasteiger partial charge in [0.2, 0.25) is 5.91 Å². The molecule has 0 bridgehead atoms. The summed E-state index contributed by atoms with van der Waals surface area (Å²) in [5.74, 6) is 0.656. The van der Waals surface area contributed by atoms with E-state index < -0.39 is 0 Å². The van der Waals surface area contributed by atoms with Crippen LogP contribution in [0.1, 0.15) is 18.4 Å². The number of piperidine rings is 1. The van der Waals surface area contributed by atoms with Crippen LogP contribution in [0.3, 0.4) is 0 Å². The van der Waals surface area contributed by atoms with E-state index in [1.165, 1.54) is 0 Å². The first-order chi connectivity index (χ1) is 15.2. The molecule has 3 aromatic rings. The van der Waals surface area contributed by atoms with Crippen LogP contribution < -0.4 is 15.4 Å². The molecule has 0 radical (unpaired) electrons. The average molecular weight is 421 g/mol. The molecule has 3 N–H and O–H groups in total. The summed E-state index contributed by atoms with van der Waals surface area (Å²) in [7, 11) is 1.61. The largest absolute Gasteiger partial charge is 0.496 e. The smallest absolute Gasteiger partial charge is 0.238 e. The molecule has 2 heterocycles. The van der Waals surface area contributed by atoms with Crippen molar-refractivity contribution in [2.24, 2.45) is 0 Å². The van der Waals surface area contributed by atoms with E-state index in [9.17, 15) is 9.90 Å². The molecule has 1 fully saturated rings. The number of aliphatic hydroxyl groups is 1. The molecular weight excluding hydrogens is 392 g/mol. The fraction of sp³-hybridized carbons (Fsp3) is 0.333. The van der Waals surface area contributed by atoms with Gasteiger partial charge >= 0.3 is 0 Å². The number of likely N-dealkylation sites (tertiary alicyclic amines) is 1. The number of anilines is 2. The zero-order chi connectivity index (χ0) is 21.6. The summed E-state index contributed by atoms with van der Waals surface area (Å²) in [6, 6.07) is 15.8. The highest BCUT2D eigenvalue weighted by Gasteiger charge is 2.22. The molecule has 7 heteroatoms. The van der Waals surface area contributed by atoms with E-state index >= 15 is 0 Å². The van der Waals surface area contributed by atoms with Gasteiger partial charge in [0.05, 0.1) is 37.7 Å². The van der Waals surface area contributed by atoms with Crippen LogP contribution in [-0.2, 0) is 11.4 Å². The number of nitrogens with one attached hydrogen (secondary N) is 2. The Bertz CT molecular complexity index is 1050. The summed E-state index contributed by atoms with van der Waals surface area (Å²) >= 11 is 0. The van der Waals surface area contributed by atoms with Crippen LogP contribution in [0.25, 0.3) is 10.9 Å². The van der Waals surface area contributed by atoms with E-state index in [4.69, 9.17) is 4.74 Å². The fourth-order valence-corrected chi connectivity index (χ4v) is 4.05. The first kappa shape index (κ1) is 21.1. The van der Waals surface area contributed by atoms with Crippen molar-refractivity contribution < 1.29 is 14.6 Å². The maximum absolute atomic E-state index is 12.5. The number of ether oxygens (including phenoxy) is 1. The molecule has 1 aromatic heterocycles. The first-order valence-corrected chi connectivity index (χ1v) is 10.6. The van der Waals surface area contributed by atoms with Crippen molar-refractivity contribution in [2.75, 3.05) is 37.4 Å². The lowest BCUT2D eigenvalue weighted by molar-refractivity contribution is -0.117. The minimum absolute atomic E-state index is 0.0288. The molecule has 2 aromatic carbocycles. The van der Waals surface area contributed by atoms with Gasteiger partial charge < -0.3 is 20.5 Å². The van der Waals surface area contributed by atoms with Crippen LogP contribution in [0, 0.1) is 0 Å². The number of aliphatic hydroxyl groups excluding tert-OH is 1. The highest BCUT2D eigenvalue weighted by molar-refractivity contribution is 5.94. The summed E-state index contributed by atoms with van der Waals surface area (Å²) in [5.41, 5.74) is 3.31. The second-order valence-electron chi connectivity index (χ2n) is 7.80. The van der Waals surface area contributed by atoms with Gasteiger partial charge in [0.25, 0.3) is 0 Å². The molecule has 4 rings (SSSR count). The lowest BCUT2D eigenvalue weighted by Crippen LogP contribution is -2.42. The van der Waals surface area contributed by atoms with E-state index in [0.717, 1.165) is 53.8 Å². The molecule has 1 amide bonds. The van der Waals surface area contributed by atoms with Gasteiger partial charge in [-0.3, -0.25) is 14.7 Å². The Labute approximate surface area is 182 Å². The van der Waals surface area contributed by atoms with Gasteiger partial charge in [-0.05, 0) is 37.1 Å². The number of benzene rings is 2. The van der Waals surface area contributed by atoms with Crippen molar-refractivity contribution in [3.63, 3.8) is 0 Å². The van der Waals surface area contributed by atoms with Crippen LogP contribution in [0.2, 0.25) is 0 Å². The van der Waals surface area contributed by atoms with Crippen molar-refractivity contribution in [3.05, 3.63) is 60.3 Å².